The number of carbonyl (C=O) groups excluding carboxylic acids is 1. The maximum Gasteiger partial charge on any atom is 0.210 e. The van der Waals surface area contributed by atoms with E-state index < -0.39 is 15.7 Å². The standard InChI is InChI=1S/C22H18FN3O4S/c1-30-20-9-5-17(23)11-21(20)31(28,29)18-6-2-14(3-7-18)4-8-19(27)15-10-16-13-25-26-22(16)24-12-15/h2-3,5-7,9-13H,4,8H2,1H3,(H,24,25,26). The van der Waals surface area contributed by atoms with E-state index >= 15 is 0 Å². The Hall–Kier alpha value is -3.59. The minimum absolute atomic E-state index is 0.0149. The van der Waals surface area contributed by atoms with Crippen LogP contribution >= 0.6 is 0 Å². The quantitative estimate of drug-likeness (QED) is 0.440. The Labute approximate surface area is 177 Å². The summed E-state index contributed by atoms with van der Waals surface area (Å²) in [4.78, 5) is 16.4. The lowest BCUT2D eigenvalue weighted by Crippen LogP contribution is -2.06. The number of methoxy groups -OCH3 is 1. The van der Waals surface area contributed by atoms with Gasteiger partial charge in [-0.05, 0) is 48.4 Å². The van der Waals surface area contributed by atoms with Gasteiger partial charge in [0, 0.05) is 23.6 Å². The van der Waals surface area contributed by atoms with E-state index in [1.807, 2.05) is 0 Å². The maximum atomic E-state index is 13.6. The number of ether oxygens (including phenoxy) is 1. The first-order valence-electron chi connectivity index (χ1n) is 9.38. The van der Waals surface area contributed by atoms with Crippen LogP contribution in [0.2, 0.25) is 0 Å². The van der Waals surface area contributed by atoms with Gasteiger partial charge in [-0.15, -0.1) is 0 Å². The van der Waals surface area contributed by atoms with Gasteiger partial charge >= 0.3 is 0 Å². The Bertz CT molecular complexity index is 1370. The topological polar surface area (TPSA) is 102 Å². The molecule has 0 amide bonds. The maximum absolute atomic E-state index is 13.6. The largest absolute Gasteiger partial charge is 0.495 e. The van der Waals surface area contributed by atoms with Crippen LogP contribution in [0.3, 0.4) is 0 Å². The molecule has 0 atom stereocenters. The highest BCUT2D eigenvalue weighted by molar-refractivity contribution is 7.91. The van der Waals surface area contributed by atoms with E-state index in [0.717, 1.165) is 23.1 Å². The molecular weight excluding hydrogens is 421 g/mol. The Balaban J connectivity index is 1.49. The minimum Gasteiger partial charge on any atom is -0.495 e. The van der Waals surface area contributed by atoms with Crippen LogP contribution in [-0.2, 0) is 16.3 Å². The minimum atomic E-state index is -3.96. The number of hydrogen-bond donors (Lipinski definition) is 1. The first-order valence-corrected chi connectivity index (χ1v) is 10.9. The van der Waals surface area contributed by atoms with E-state index in [-0.39, 0.29) is 27.7 Å². The summed E-state index contributed by atoms with van der Waals surface area (Å²) in [5.41, 5.74) is 1.91. The highest BCUT2D eigenvalue weighted by Gasteiger charge is 2.23. The van der Waals surface area contributed by atoms with E-state index in [4.69, 9.17) is 4.74 Å². The number of halogens is 1. The van der Waals surface area contributed by atoms with Gasteiger partial charge in [-0.2, -0.15) is 5.10 Å². The summed E-state index contributed by atoms with van der Waals surface area (Å²) in [6, 6.07) is 11.3. The molecule has 1 N–H and O–H groups in total. The van der Waals surface area contributed by atoms with Crippen molar-refractivity contribution < 1.29 is 22.3 Å². The van der Waals surface area contributed by atoms with E-state index in [1.165, 1.54) is 31.5 Å². The fourth-order valence-corrected chi connectivity index (χ4v) is 4.65. The lowest BCUT2D eigenvalue weighted by atomic mass is 10.0. The molecule has 0 fully saturated rings. The zero-order valence-corrected chi connectivity index (χ0v) is 17.3. The smallest absolute Gasteiger partial charge is 0.210 e. The predicted molar refractivity (Wildman–Crippen MR) is 111 cm³/mol. The van der Waals surface area contributed by atoms with Crippen LogP contribution in [0.5, 0.6) is 5.75 Å². The number of nitrogens with one attached hydrogen (secondary N) is 1. The van der Waals surface area contributed by atoms with Gasteiger partial charge in [0.15, 0.2) is 11.4 Å². The number of aromatic amines is 1. The molecule has 0 saturated carbocycles. The second-order valence-electron chi connectivity index (χ2n) is 6.90. The van der Waals surface area contributed by atoms with Crippen molar-refractivity contribution in [2.24, 2.45) is 0 Å². The molecule has 158 valence electrons. The van der Waals surface area contributed by atoms with E-state index in [2.05, 4.69) is 15.2 Å². The third-order valence-electron chi connectivity index (χ3n) is 4.90. The number of benzene rings is 2. The number of hydrogen-bond acceptors (Lipinski definition) is 6. The first kappa shape index (κ1) is 20.7. The molecular formula is C22H18FN3O4S. The molecule has 2 aromatic carbocycles. The zero-order valence-electron chi connectivity index (χ0n) is 16.5. The number of Topliss-reactive ketones (excluding diaryl/α,β-unsaturated/α-hetero) is 1. The van der Waals surface area contributed by atoms with Crippen molar-refractivity contribution in [2.75, 3.05) is 7.11 Å². The molecule has 0 aliphatic rings. The van der Waals surface area contributed by atoms with Gasteiger partial charge in [0.25, 0.3) is 0 Å². The zero-order chi connectivity index (χ0) is 22.0. The lowest BCUT2D eigenvalue weighted by Gasteiger charge is -2.10. The molecule has 0 unspecified atom stereocenters. The third-order valence-corrected chi connectivity index (χ3v) is 6.69. The SMILES string of the molecule is COc1ccc(F)cc1S(=O)(=O)c1ccc(CCC(=O)c2cnc3[nH]ncc3c2)cc1. The molecule has 0 aliphatic carbocycles. The highest BCUT2D eigenvalue weighted by atomic mass is 32.2. The second kappa shape index (κ2) is 8.27. The van der Waals surface area contributed by atoms with Gasteiger partial charge in [0.1, 0.15) is 16.5 Å². The van der Waals surface area contributed by atoms with Gasteiger partial charge in [-0.25, -0.2) is 17.8 Å². The molecule has 0 saturated heterocycles. The molecule has 31 heavy (non-hydrogen) atoms. The molecule has 2 heterocycles. The number of H-pyrrole nitrogens is 1. The van der Waals surface area contributed by atoms with Gasteiger partial charge in [-0.1, -0.05) is 12.1 Å². The molecule has 2 aromatic heterocycles. The van der Waals surface area contributed by atoms with Crippen molar-refractivity contribution in [3.63, 3.8) is 0 Å². The highest BCUT2D eigenvalue weighted by Crippen LogP contribution is 2.30. The molecule has 0 bridgehead atoms. The summed E-state index contributed by atoms with van der Waals surface area (Å²) >= 11 is 0. The number of ketones is 1. The Kier molecular flexibility index (Phi) is 5.51. The van der Waals surface area contributed by atoms with E-state index in [1.54, 1.807) is 24.4 Å². The summed E-state index contributed by atoms with van der Waals surface area (Å²) < 4.78 is 44.5. The Morgan fingerprint density at radius 2 is 1.87 bits per heavy atom. The lowest BCUT2D eigenvalue weighted by molar-refractivity contribution is 0.0982. The van der Waals surface area contributed by atoms with E-state index in [0.29, 0.717) is 17.6 Å². The predicted octanol–water partition coefficient (Wildman–Crippen LogP) is 3.75. The average Bonchev–Trinajstić information content (AvgIpc) is 3.25. The van der Waals surface area contributed by atoms with Crippen LogP contribution in [-0.4, -0.2) is 36.5 Å². The fraction of sp³-hybridized carbons (Fsp3) is 0.136. The number of carbonyl (C=O) groups is 1. The van der Waals surface area contributed by atoms with Crippen molar-refractivity contribution in [3.8, 4) is 5.75 Å². The van der Waals surface area contributed by atoms with E-state index in [9.17, 15) is 17.6 Å². The molecule has 0 aliphatic heterocycles. The normalized spacial score (nSPS) is 11.5. The monoisotopic (exact) mass is 439 g/mol. The van der Waals surface area contributed by atoms with Gasteiger partial charge in [-0.3, -0.25) is 9.89 Å². The van der Waals surface area contributed by atoms with Crippen molar-refractivity contribution in [1.82, 2.24) is 15.2 Å². The fourth-order valence-electron chi connectivity index (χ4n) is 3.21. The van der Waals surface area contributed by atoms with Crippen molar-refractivity contribution >= 4 is 26.7 Å². The summed E-state index contributed by atoms with van der Waals surface area (Å²) in [6.45, 7) is 0. The summed E-state index contributed by atoms with van der Waals surface area (Å²) in [5.74, 6) is -0.673. The van der Waals surface area contributed by atoms with Crippen LogP contribution in [0.4, 0.5) is 4.39 Å². The number of rotatable bonds is 7. The number of sulfone groups is 1. The number of nitrogens with zero attached hydrogens (tertiary/aromatic N) is 2. The number of fused-ring (bicyclic) bond motifs is 1. The summed E-state index contributed by atoms with van der Waals surface area (Å²) in [7, 11) is -2.63. The van der Waals surface area contributed by atoms with Crippen molar-refractivity contribution in [3.05, 3.63) is 77.9 Å². The van der Waals surface area contributed by atoms with Crippen molar-refractivity contribution in [1.29, 1.82) is 0 Å². The van der Waals surface area contributed by atoms with Gasteiger partial charge in [0.2, 0.25) is 9.84 Å². The summed E-state index contributed by atoms with van der Waals surface area (Å²) in [6.07, 6.45) is 3.79. The molecule has 0 radical (unpaired) electrons. The van der Waals surface area contributed by atoms with Crippen LogP contribution in [0.1, 0.15) is 22.3 Å². The third kappa shape index (κ3) is 4.17. The summed E-state index contributed by atoms with van der Waals surface area (Å²) in [5, 5.41) is 7.37. The molecule has 0 spiro atoms. The average molecular weight is 439 g/mol. The second-order valence-corrected chi connectivity index (χ2v) is 8.82. The van der Waals surface area contributed by atoms with Gasteiger partial charge < -0.3 is 4.74 Å². The molecule has 4 aromatic rings. The molecule has 4 rings (SSSR count). The first-order chi connectivity index (χ1) is 14.9. The number of pyridine rings is 1. The molecule has 7 nitrogen and oxygen atoms in total. The van der Waals surface area contributed by atoms with Crippen LogP contribution in [0, 0.1) is 5.82 Å². The molecule has 9 heteroatoms. The van der Waals surface area contributed by atoms with Crippen LogP contribution < -0.4 is 4.74 Å². The van der Waals surface area contributed by atoms with Gasteiger partial charge in [0.05, 0.1) is 18.2 Å². The van der Waals surface area contributed by atoms with Crippen LogP contribution in [0.25, 0.3) is 11.0 Å². The van der Waals surface area contributed by atoms with Crippen LogP contribution in [0.15, 0.2) is 70.7 Å². The Morgan fingerprint density at radius 3 is 2.61 bits per heavy atom. The van der Waals surface area contributed by atoms with Crippen molar-refractivity contribution in [2.45, 2.75) is 22.6 Å². The Morgan fingerprint density at radius 1 is 1.10 bits per heavy atom. The number of aryl methyl sites for hydroxylation is 1. The number of aromatic nitrogens is 3.